The van der Waals surface area contributed by atoms with Crippen LogP contribution in [0.15, 0.2) is 0 Å². The zero-order chi connectivity index (χ0) is 10.5. The second-order valence-electron chi connectivity index (χ2n) is 2.64. The number of rotatable bonds is 6. The summed E-state index contributed by atoms with van der Waals surface area (Å²) >= 11 is 0. The molecule has 0 heterocycles. The number of aliphatic carboxylic acids is 2. The van der Waals surface area contributed by atoms with E-state index in [9.17, 15) is 9.59 Å². The summed E-state index contributed by atoms with van der Waals surface area (Å²) in [4.78, 5) is 21.4. The molecule has 0 aliphatic heterocycles. The Hall–Kier alpha value is -1.10. The molecule has 0 spiro atoms. The predicted molar refractivity (Wildman–Crippen MR) is 44.5 cm³/mol. The second-order valence-corrected chi connectivity index (χ2v) is 2.64. The van der Waals surface area contributed by atoms with Gasteiger partial charge in [-0.3, -0.25) is 0 Å². The van der Waals surface area contributed by atoms with Crippen LogP contribution in [0.25, 0.3) is 0 Å². The number of hydrogen-bond acceptors (Lipinski definition) is 3. The van der Waals surface area contributed by atoms with Gasteiger partial charge < -0.3 is 14.9 Å². The first kappa shape index (κ1) is 11.9. The zero-order valence-electron chi connectivity index (χ0n) is 7.74. The molecule has 13 heavy (non-hydrogen) atoms. The summed E-state index contributed by atoms with van der Waals surface area (Å²) in [6.07, 6.45) is 0.500. The van der Waals surface area contributed by atoms with Crippen LogP contribution in [0.2, 0.25) is 0 Å². The molecule has 0 atom stereocenters. The molecule has 0 rings (SSSR count). The summed E-state index contributed by atoms with van der Waals surface area (Å²) in [6.45, 7) is 3.38. The van der Waals surface area contributed by atoms with Crippen molar-refractivity contribution in [3.8, 4) is 0 Å². The largest absolute Gasteiger partial charge is 0.479 e. The highest BCUT2D eigenvalue weighted by Gasteiger charge is 2.46. The van der Waals surface area contributed by atoms with Crippen LogP contribution in [0.4, 0.5) is 0 Å². The molecule has 0 aliphatic carbocycles. The summed E-state index contributed by atoms with van der Waals surface area (Å²) in [5, 5.41) is 17.4. The highest BCUT2D eigenvalue weighted by molar-refractivity contribution is 6.01. The van der Waals surface area contributed by atoms with Gasteiger partial charge in [0.05, 0.1) is 0 Å². The van der Waals surface area contributed by atoms with Gasteiger partial charge in [-0.05, 0) is 12.8 Å². The van der Waals surface area contributed by atoms with Gasteiger partial charge >= 0.3 is 11.9 Å². The van der Waals surface area contributed by atoms with Crippen molar-refractivity contribution in [2.75, 3.05) is 6.61 Å². The van der Waals surface area contributed by atoms with E-state index in [0.717, 1.165) is 0 Å². The fraction of sp³-hybridized carbons (Fsp3) is 0.750. The van der Waals surface area contributed by atoms with E-state index in [1.807, 2.05) is 0 Å². The Morgan fingerprint density at radius 1 is 1.23 bits per heavy atom. The third kappa shape index (κ3) is 2.42. The molecule has 5 heteroatoms. The van der Waals surface area contributed by atoms with Crippen LogP contribution in [0.1, 0.15) is 26.7 Å². The van der Waals surface area contributed by atoms with E-state index in [1.54, 1.807) is 6.92 Å². The molecule has 0 fully saturated rings. The lowest BCUT2D eigenvalue weighted by atomic mass is 10.0. The summed E-state index contributed by atoms with van der Waals surface area (Å²) < 4.78 is 4.85. The quantitative estimate of drug-likeness (QED) is 0.603. The summed E-state index contributed by atoms with van der Waals surface area (Å²) in [5.74, 6) is -2.90. The standard InChI is InChI=1S/C8H14O5/c1-3-5-13-8(4-2,6(9)10)7(11)12/h3-5H2,1-2H3,(H,9,10)(H,11,12). The van der Waals surface area contributed by atoms with Crippen molar-refractivity contribution < 1.29 is 24.5 Å². The lowest BCUT2D eigenvalue weighted by Crippen LogP contribution is -2.48. The summed E-state index contributed by atoms with van der Waals surface area (Å²) in [6, 6.07) is 0. The average molecular weight is 190 g/mol. The van der Waals surface area contributed by atoms with Crippen LogP contribution in [0.5, 0.6) is 0 Å². The monoisotopic (exact) mass is 190 g/mol. The first-order chi connectivity index (χ1) is 6.01. The lowest BCUT2D eigenvalue weighted by molar-refractivity contribution is -0.184. The van der Waals surface area contributed by atoms with Gasteiger partial charge in [0.25, 0.3) is 5.60 Å². The molecule has 0 radical (unpaired) electrons. The molecule has 0 aromatic carbocycles. The van der Waals surface area contributed by atoms with Crippen molar-refractivity contribution in [2.45, 2.75) is 32.3 Å². The molecule has 5 nitrogen and oxygen atoms in total. The van der Waals surface area contributed by atoms with Crippen LogP contribution in [0, 0.1) is 0 Å². The van der Waals surface area contributed by atoms with Crippen molar-refractivity contribution in [2.24, 2.45) is 0 Å². The van der Waals surface area contributed by atoms with E-state index < -0.39 is 17.5 Å². The van der Waals surface area contributed by atoms with Crippen LogP contribution < -0.4 is 0 Å². The van der Waals surface area contributed by atoms with Crippen LogP contribution >= 0.6 is 0 Å². The molecule has 0 aromatic rings. The molecule has 0 saturated heterocycles. The summed E-state index contributed by atoms with van der Waals surface area (Å²) in [7, 11) is 0. The zero-order valence-corrected chi connectivity index (χ0v) is 7.74. The fourth-order valence-corrected chi connectivity index (χ4v) is 0.896. The maximum Gasteiger partial charge on any atom is 0.347 e. The minimum atomic E-state index is -2.07. The van der Waals surface area contributed by atoms with Gasteiger partial charge in [-0.15, -0.1) is 0 Å². The minimum Gasteiger partial charge on any atom is -0.479 e. The first-order valence-electron chi connectivity index (χ1n) is 4.12. The van der Waals surface area contributed by atoms with E-state index in [4.69, 9.17) is 14.9 Å². The van der Waals surface area contributed by atoms with Crippen LogP contribution in [-0.2, 0) is 14.3 Å². The van der Waals surface area contributed by atoms with Crippen LogP contribution in [0.3, 0.4) is 0 Å². The van der Waals surface area contributed by atoms with Gasteiger partial charge in [0, 0.05) is 6.61 Å². The Labute approximate surface area is 76.3 Å². The Morgan fingerprint density at radius 3 is 1.92 bits per heavy atom. The van der Waals surface area contributed by atoms with Crippen molar-refractivity contribution in [1.82, 2.24) is 0 Å². The van der Waals surface area contributed by atoms with Gasteiger partial charge in [-0.1, -0.05) is 13.8 Å². The lowest BCUT2D eigenvalue weighted by Gasteiger charge is -2.23. The van der Waals surface area contributed by atoms with Crippen molar-refractivity contribution in [1.29, 1.82) is 0 Å². The molecule has 0 aliphatic rings. The minimum absolute atomic E-state index is 0.0856. The van der Waals surface area contributed by atoms with Gasteiger partial charge in [0.1, 0.15) is 0 Å². The predicted octanol–water partition coefficient (Wildman–Crippen LogP) is 0.731. The molecular weight excluding hydrogens is 176 g/mol. The molecule has 0 aromatic heterocycles. The van der Waals surface area contributed by atoms with Crippen molar-refractivity contribution in [3.63, 3.8) is 0 Å². The summed E-state index contributed by atoms with van der Waals surface area (Å²) in [5.41, 5.74) is -2.07. The number of carboxylic acid groups (broad SMARTS) is 2. The molecule has 76 valence electrons. The highest BCUT2D eigenvalue weighted by Crippen LogP contribution is 2.17. The van der Waals surface area contributed by atoms with E-state index >= 15 is 0 Å². The Morgan fingerprint density at radius 2 is 1.69 bits per heavy atom. The smallest absolute Gasteiger partial charge is 0.347 e. The number of carbonyl (C=O) groups is 2. The fourth-order valence-electron chi connectivity index (χ4n) is 0.896. The van der Waals surface area contributed by atoms with E-state index in [0.29, 0.717) is 6.42 Å². The van der Waals surface area contributed by atoms with E-state index in [-0.39, 0.29) is 13.0 Å². The molecule has 0 amide bonds. The number of carboxylic acids is 2. The van der Waals surface area contributed by atoms with Gasteiger partial charge in [0.2, 0.25) is 0 Å². The Bertz CT molecular complexity index is 185. The average Bonchev–Trinajstić information content (AvgIpc) is 2.05. The highest BCUT2D eigenvalue weighted by atomic mass is 16.5. The number of ether oxygens (including phenoxy) is 1. The van der Waals surface area contributed by atoms with E-state index in [1.165, 1.54) is 6.92 Å². The van der Waals surface area contributed by atoms with Crippen molar-refractivity contribution in [3.05, 3.63) is 0 Å². The van der Waals surface area contributed by atoms with Gasteiger partial charge in [-0.25, -0.2) is 9.59 Å². The normalized spacial score (nSPS) is 11.2. The Balaban J connectivity index is 4.66. The van der Waals surface area contributed by atoms with Crippen molar-refractivity contribution >= 4 is 11.9 Å². The van der Waals surface area contributed by atoms with Gasteiger partial charge in [-0.2, -0.15) is 0 Å². The topological polar surface area (TPSA) is 83.8 Å². The first-order valence-corrected chi connectivity index (χ1v) is 4.12. The second kappa shape index (κ2) is 4.81. The molecular formula is C8H14O5. The maximum atomic E-state index is 10.7. The third-order valence-corrected chi connectivity index (χ3v) is 1.74. The number of hydrogen-bond donors (Lipinski definition) is 2. The van der Waals surface area contributed by atoms with Gasteiger partial charge in [0.15, 0.2) is 0 Å². The third-order valence-electron chi connectivity index (χ3n) is 1.74. The molecule has 0 bridgehead atoms. The molecule has 0 unspecified atom stereocenters. The van der Waals surface area contributed by atoms with E-state index in [2.05, 4.69) is 0 Å². The molecule has 2 N–H and O–H groups in total. The SMILES string of the molecule is CCCOC(CC)(C(=O)O)C(=O)O. The maximum absolute atomic E-state index is 10.7. The Kier molecular flexibility index (Phi) is 4.40. The molecule has 0 saturated carbocycles. The van der Waals surface area contributed by atoms with Crippen LogP contribution in [-0.4, -0.2) is 34.4 Å².